The second-order valence-corrected chi connectivity index (χ2v) is 4.08. The highest BCUT2D eigenvalue weighted by Crippen LogP contribution is 2.17. The van der Waals surface area contributed by atoms with Crippen molar-refractivity contribution in [1.82, 2.24) is 0 Å². The van der Waals surface area contributed by atoms with E-state index in [2.05, 4.69) is 9.47 Å². The second-order valence-electron chi connectivity index (χ2n) is 4.08. The van der Waals surface area contributed by atoms with Gasteiger partial charge in [0.05, 0.1) is 14.2 Å². The number of hydrogen-bond donors (Lipinski definition) is 0. The summed E-state index contributed by atoms with van der Waals surface area (Å²) >= 11 is 0. The first-order chi connectivity index (χ1) is 8.83. The summed E-state index contributed by atoms with van der Waals surface area (Å²) in [5.41, 5.74) is 0. The summed E-state index contributed by atoms with van der Waals surface area (Å²) in [6, 6.07) is 0. The molecule has 0 heterocycles. The second kappa shape index (κ2) is 8.29. The van der Waals surface area contributed by atoms with Gasteiger partial charge in [0.2, 0.25) is 0 Å². The van der Waals surface area contributed by atoms with Gasteiger partial charge in [0.1, 0.15) is 6.10 Å². The standard InChI is InChI=1S/C13H20O6/c1-8(6-7-9(2)19-10(3)14)11(12(15)17-4)13(16)18-5/h6-9,11H,1-5H3/b7-6+/t8-,9-/m1/s1. The molecule has 0 amide bonds. The van der Waals surface area contributed by atoms with Crippen LogP contribution in [-0.2, 0) is 28.6 Å². The van der Waals surface area contributed by atoms with Gasteiger partial charge < -0.3 is 14.2 Å². The van der Waals surface area contributed by atoms with Crippen molar-refractivity contribution in [3.05, 3.63) is 12.2 Å². The topological polar surface area (TPSA) is 78.9 Å². The van der Waals surface area contributed by atoms with Gasteiger partial charge in [-0.2, -0.15) is 0 Å². The Kier molecular flexibility index (Phi) is 7.48. The van der Waals surface area contributed by atoms with Gasteiger partial charge in [-0.25, -0.2) is 0 Å². The van der Waals surface area contributed by atoms with Gasteiger partial charge in [0.25, 0.3) is 0 Å². The minimum Gasteiger partial charge on any atom is -0.468 e. The van der Waals surface area contributed by atoms with Crippen LogP contribution in [0.15, 0.2) is 12.2 Å². The van der Waals surface area contributed by atoms with Gasteiger partial charge in [-0.15, -0.1) is 0 Å². The first-order valence-electron chi connectivity index (χ1n) is 5.84. The third-order valence-corrected chi connectivity index (χ3v) is 2.47. The molecule has 0 saturated heterocycles. The molecule has 108 valence electrons. The molecule has 0 aliphatic carbocycles. The van der Waals surface area contributed by atoms with Crippen LogP contribution in [0.5, 0.6) is 0 Å². The maximum Gasteiger partial charge on any atom is 0.320 e. The number of carbonyl (C=O) groups is 3. The Bertz CT molecular complexity index is 344. The number of rotatable bonds is 6. The lowest BCUT2D eigenvalue weighted by molar-refractivity contribution is -0.160. The monoisotopic (exact) mass is 272 g/mol. The van der Waals surface area contributed by atoms with Gasteiger partial charge in [-0.3, -0.25) is 14.4 Å². The third kappa shape index (κ3) is 6.03. The van der Waals surface area contributed by atoms with Crippen molar-refractivity contribution in [2.75, 3.05) is 14.2 Å². The fourth-order valence-corrected chi connectivity index (χ4v) is 1.52. The molecule has 0 saturated carbocycles. The van der Waals surface area contributed by atoms with Gasteiger partial charge in [0, 0.05) is 6.92 Å². The van der Waals surface area contributed by atoms with Crippen molar-refractivity contribution in [3.63, 3.8) is 0 Å². The van der Waals surface area contributed by atoms with Crippen molar-refractivity contribution in [2.45, 2.75) is 26.9 Å². The molecule has 0 rings (SSSR count). The van der Waals surface area contributed by atoms with Crippen LogP contribution in [0.2, 0.25) is 0 Å². The zero-order valence-corrected chi connectivity index (χ0v) is 11.8. The first-order valence-corrected chi connectivity index (χ1v) is 5.84. The molecule has 0 N–H and O–H groups in total. The Labute approximate surface area is 112 Å². The Morgan fingerprint density at radius 3 is 1.79 bits per heavy atom. The smallest absolute Gasteiger partial charge is 0.320 e. The minimum absolute atomic E-state index is 0.401. The summed E-state index contributed by atoms with van der Waals surface area (Å²) in [6.07, 6.45) is 2.78. The lowest BCUT2D eigenvalue weighted by atomic mass is 9.93. The van der Waals surface area contributed by atoms with E-state index in [1.165, 1.54) is 21.1 Å². The molecule has 0 aromatic rings. The molecule has 0 bridgehead atoms. The Morgan fingerprint density at radius 2 is 1.42 bits per heavy atom. The predicted molar refractivity (Wildman–Crippen MR) is 67.1 cm³/mol. The van der Waals surface area contributed by atoms with E-state index in [1.54, 1.807) is 26.0 Å². The van der Waals surface area contributed by atoms with Crippen LogP contribution in [0.3, 0.4) is 0 Å². The van der Waals surface area contributed by atoms with Crippen LogP contribution in [0.25, 0.3) is 0 Å². The normalized spacial score (nSPS) is 14.0. The molecule has 0 aliphatic heterocycles. The van der Waals surface area contributed by atoms with E-state index in [-0.39, 0.29) is 0 Å². The summed E-state index contributed by atoms with van der Waals surface area (Å²) in [6.45, 7) is 4.66. The summed E-state index contributed by atoms with van der Waals surface area (Å²) in [4.78, 5) is 33.8. The van der Waals surface area contributed by atoms with Crippen molar-refractivity contribution in [2.24, 2.45) is 11.8 Å². The fraction of sp³-hybridized carbons (Fsp3) is 0.615. The number of carbonyl (C=O) groups excluding carboxylic acids is 3. The van der Waals surface area contributed by atoms with Gasteiger partial charge in [-0.05, 0) is 18.9 Å². The Balaban J connectivity index is 4.77. The fourth-order valence-electron chi connectivity index (χ4n) is 1.52. The maximum absolute atomic E-state index is 11.5. The minimum atomic E-state index is -1.03. The summed E-state index contributed by atoms with van der Waals surface area (Å²) in [5.74, 6) is -3.19. The van der Waals surface area contributed by atoms with Crippen LogP contribution >= 0.6 is 0 Å². The van der Waals surface area contributed by atoms with Crippen molar-refractivity contribution < 1.29 is 28.6 Å². The molecule has 0 aromatic heterocycles. The third-order valence-electron chi connectivity index (χ3n) is 2.47. The molecular weight excluding hydrogens is 252 g/mol. The molecule has 0 aromatic carbocycles. The highest BCUT2D eigenvalue weighted by Gasteiger charge is 2.32. The molecule has 6 heteroatoms. The SMILES string of the molecule is COC(=O)C(C(=O)OC)[C@H](C)/C=C/[C@@H](C)OC(C)=O. The zero-order chi connectivity index (χ0) is 15.0. The summed E-state index contributed by atoms with van der Waals surface area (Å²) < 4.78 is 14.0. The van der Waals surface area contributed by atoms with E-state index in [1.807, 2.05) is 0 Å². The van der Waals surface area contributed by atoms with E-state index < -0.39 is 35.8 Å². The van der Waals surface area contributed by atoms with Crippen molar-refractivity contribution >= 4 is 17.9 Å². The predicted octanol–water partition coefficient (Wildman–Crippen LogP) is 1.09. The van der Waals surface area contributed by atoms with Gasteiger partial charge >= 0.3 is 17.9 Å². The van der Waals surface area contributed by atoms with E-state index in [9.17, 15) is 14.4 Å². The van der Waals surface area contributed by atoms with Gasteiger partial charge in [0.15, 0.2) is 5.92 Å². The molecule has 6 nitrogen and oxygen atoms in total. The molecule has 0 fully saturated rings. The van der Waals surface area contributed by atoms with Crippen molar-refractivity contribution in [3.8, 4) is 0 Å². The molecule has 19 heavy (non-hydrogen) atoms. The largest absolute Gasteiger partial charge is 0.468 e. The van der Waals surface area contributed by atoms with Crippen molar-refractivity contribution in [1.29, 1.82) is 0 Å². The molecule has 0 aliphatic rings. The number of esters is 3. The molecule has 2 atom stereocenters. The van der Waals surface area contributed by atoms with Crippen LogP contribution < -0.4 is 0 Å². The number of methoxy groups -OCH3 is 2. The maximum atomic E-state index is 11.5. The highest BCUT2D eigenvalue weighted by molar-refractivity contribution is 5.95. The highest BCUT2D eigenvalue weighted by atomic mass is 16.5. The van der Waals surface area contributed by atoms with Crippen LogP contribution in [0.1, 0.15) is 20.8 Å². The molecular formula is C13H20O6. The zero-order valence-electron chi connectivity index (χ0n) is 11.8. The number of allylic oxidation sites excluding steroid dienone is 1. The van der Waals surface area contributed by atoms with Gasteiger partial charge in [-0.1, -0.05) is 13.0 Å². The first kappa shape index (κ1) is 17.2. The Hall–Kier alpha value is -1.85. The average molecular weight is 272 g/mol. The quantitative estimate of drug-likeness (QED) is 0.312. The van der Waals surface area contributed by atoms with E-state index in [4.69, 9.17) is 4.74 Å². The molecule has 0 radical (unpaired) electrons. The summed E-state index contributed by atoms with van der Waals surface area (Å²) in [5, 5.41) is 0. The lowest BCUT2D eigenvalue weighted by Gasteiger charge is -2.17. The average Bonchev–Trinajstić information content (AvgIpc) is 2.35. The van der Waals surface area contributed by atoms with Crippen LogP contribution in [0.4, 0.5) is 0 Å². The molecule has 0 unspecified atom stereocenters. The Morgan fingerprint density at radius 1 is 0.947 bits per heavy atom. The molecule has 0 spiro atoms. The lowest BCUT2D eigenvalue weighted by Crippen LogP contribution is -2.31. The number of hydrogen-bond acceptors (Lipinski definition) is 6. The van der Waals surface area contributed by atoms with Crippen LogP contribution in [0, 0.1) is 11.8 Å². The van der Waals surface area contributed by atoms with E-state index in [0.29, 0.717) is 0 Å². The van der Waals surface area contributed by atoms with E-state index >= 15 is 0 Å². The number of ether oxygens (including phenoxy) is 3. The van der Waals surface area contributed by atoms with Crippen LogP contribution in [-0.4, -0.2) is 38.2 Å². The van der Waals surface area contributed by atoms with E-state index in [0.717, 1.165) is 0 Å². The summed E-state index contributed by atoms with van der Waals surface area (Å²) in [7, 11) is 2.41.